The van der Waals surface area contributed by atoms with Crippen LogP contribution < -0.4 is 10.2 Å². The second-order valence-electron chi connectivity index (χ2n) is 4.61. The van der Waals surface area contributed by atoms with E-state index in [1.54, 1.807) is 11.0 Å². The number of aryl methyl sites for hydroxylation is 1. The van der Waals surface area contributed by atoms with Crippen LogP contribution in [-0.4, -0.2) is 42.8 Å². The molecule has 0 saturated carbocycles. The van der Waals surface area contributed by atoms with E-state index in [0.717, 1.165) is 25.9 Å². The monoisotopic (exact) mass is 294 g/mol. The van der Waals surface area contributed by atoms with Gasteiger partial charge in [0.05, 0.1) is 6.54 Å². The summed E-state index contributed by atoms with van der Waals surface area (Å²) in [7, 11) is 1.82. The van der Waals surface area contributed by atoms with Gasteiger partial charge in [-0.05, 0) is 24.4 Å². The molecule has 2 aromatic heterocycles. The van der Waals surface area contributed by atoms with Gasteiger partial charge in [0.2, 0.25) is 17.2 Å². The van der Waals surface area contributed by atoms with Gasteiger partial charge < -0.3 is 10.2 Å². The Bertz CT molecular complexity index is 592. The summed E-state index contributed by atoms with van der Waals surface area (Å²) in [6, 6.07) is 0. The van der Waals surface area contributed by atoms with Gasteiger partial charge in [-0.1, -0.05) is 0 Å². The molecule has 106 valence electrons. The van der Waals surface area contributed by atoms with Crippen LogP contribution in [0.5, 0.6) is 0 Å². The number of nitrogens with zero attached hydrogens (tertiary/aromatic N) is 7. The maximum absolute atomic E-state index is 5.95. The highest BCUT2D eigenvalue weighted by molar-refractivity contribution is 6.28. The van der Waals surface area contributed by atoms with Crippen LogP contribution >= 0.6 is 11.6 Å². The fourth-order valence-electron chi connectivity index (χ4n) is 2.10. The molecule has 1 saturated heterocycles. The summed E-state index contributed by atoms with van der Waals surface area (Å²) < 4.78 is 1.65. The first kappa shape index (κ1) is 13.0. The highest BCUT2D eigenvalue weighted by Crippen LogP contribution is 2.18. The molecule has 1 fully saturated rings. The predicted molar refractivity (Wildman–Crippen MR) is 74.6 cm³/mol. The van der Waals surface area contributed by atoms with E-state index in [4.69, 9.17) is 11.6 Å². The third-order valence-electron chi connectivity index (χ3n) is 3.04. The molecule has 0 spiro atoms. The zero-order valence-corrected chi connectivity index (χ0v) is 11.9. The molecular formula is C11H15ClN8. The molecule has 0 unspecified atom stereocenters. The summed E-state index contributed by atoms with van der Waals surface area (Å²) in [5.41, 5.74) is 0. The van der Waals surface area contributed by atoms with Crippen LogP contribution in [0.1, 0.15) is 18.7 Å². The normalized spacial score (nSPS) is 14.8. The van der Waals surface area contributed by atoms with Crippen LogP contribution in [0.25, 0.3) is 0 Å². The molecule has 8 nitrogen and oxygen atoms in total. The lowest BCUT2D eigenvalue weighted by Crippen LogP contribution is -2.21. The van der Waals surface area contributed by atoms with Gasteiger partial charge >= 0.3 is 0 Å². The van der Waals surface area contributed by atoms with Gasteiger partial charge in [-0.25, -0.2) is 4.98 Å². The van der Waals surface area contributed by atoms with Crippen molar-refractivity contribution in [1.29, 1.82) is 0 Å². The van der Waals surface area contributed by atoms with Crippen LogP contribution in [0.3, 0.4) is 0 Å². The Labute approximate surface area is 121 Å². The van der Waals surface area contributed by atoms with E-state index in [2.05, 4.69) is 35.3 Å². The molecule has 0 aliphatic carbocycles. The minimum Gasteiger partial charge on any atom is -0.347 e. The van der Waals surface area contributed by atoms with Crippen LogP contribution in [0.4, 0.5) is 11.9 Å². The topological polar surface area (TPSA) is 84.7 Å². The highest BCUT2D eigenvalue weighted by Gasteiger charge is 2.17. The lowest BCUT2D eigenvalue weighted by atomic mass is 10.4. The van der Waals surface area contributed by atoms with E-state index in [1.807, 2.05) is 7.05 Å². The first-order chi connectivity index (χ1) is 9.70. The van der Waals surface area contributed by atoms with Gasteiger partial charge in [0.1, 0.15) is 6.33 Å². The first-order valence-corrected chi connectivity index (χ1v) is 6.83. The third kappa shape index (κ3) is 2.96. The van der Waals surface area contributed by atoms with Gasteiger partial charge in [0.15, 0.2) is 5.82 Å². The van der Waals surface area contributed by atoms with Crippen molar-refractivity contribution in [3.8, 4) is 0 Å². The Balaban J connectivity index is 1.72. The summed E-state index contributed by atoms with van der Waals surface area (Å²) in [6.45, 7) is 2.36. The van der Waals surface area contributed by atoms with E-state index in [0.29, 0.717) is 24.3 Å². The summed E-state index contributed by atoms with van der Waals surface area (Å²) in [5.74, 6) is 1.74. The Morgan fingerprint density at radius 3 is 2.75 bits per heavy atom. The van der Waals surface area contributed by atoms with Crippen molar-refractivity contribution >= 4 is 23.5 Å². The lowest BCUT2D eigenvalue weighted by Gasteiger charge is -2.15. The molecule has 2 aromatic rings. The van der Waals surface area contributed by atoms with Crippen molar-refractivity contribution in [2.24, 2.45) is 7.05 Å². The molecular weight excluding hydrogens is 280 g/mol. The van der Waals surface area contributed by atoms with E-state index < -0.39 is 0 Å². The second kappa shape index (κ2) is 5.58. The summed E-state index contributed by atoms with van der Waals surface area (Å²) in [4.78, 5) is 18.9. The molecule has 1 aliphatic rings. The maximum Gasteiger partial charge on any atom is 0.231 e. The van der Waals surface area contributed by atoms with Crippen molar-refractivity contribution < 1.29 is 0 Å². The van der Waals surface area contributed by atoms with E-state index >= 15 is 0 Å². The summed E-state index contributed by atoms with van der Waals surface area (Å²) in [6.07, 6.45) is 3.96. The minimum atomic E-state index is 0.193. The SMILES string of the molecule is Cn1cnc(CNc2nc(Cl)nc(N3CCCC3)n2)n1. The van der Waals surface area contributed by atoms with E-state index in [1.165, 1.54) is 0 Å². The average Bonchev–Trinajstić information content (AvgIpc) is 3.07. The number of hydrogen-bond acceptors (Lipinski definition) is 7. The lowest BCUT2D eigenvalue weighted by molar-refractivity contribution is 0.746. The number of hydrogen-bond donors (Lipinski definition) is 1. The molecule has 0 atom stereocenters. The number of rotatable bonds is 4. The Kier molecular flexibility index (Phi) is 3.64. The predicted octanol–water partition coefficient (Wildman–Crippen LogP) is 0.866. The molecule has 1 N–H and O–H groups in total. The first-order valence-electron chi connectivity index (χ1n) is 6.45. The molecule has 0 radical (unpaired) electrons. The Morgan fingerprint density at radius 2 is 2.05 bits per heavy atom. The number of nitrogens with one attached hydrogen (secondary N) is 1. The standard InChI is InChI=1S/C11H15ClN8/c1-19-7-14-8(18-19)6-13-10-15-9(12)16-11(17-10)20-4-2-3-5-20/h7H,2-6H2,1H3,(H,13,15,16,17). The Morgan fingerprint density at radius 1 is 1.25 bits per heavy atom. The van der Waals surface area contributed by atoms with Crippen molar-refractivity contribution in [2.45, 2.75) is 19.4 Å². The number of aromatic nitrogens is 6. The molecule has 3 rings (SSSR count). The van der Waals surface area contributed by atoms with E-state index in [9.17, 15) is 0 Å². The molecule has 20 heavy (non-hydrogen) atoms. The highest BCUT2D eigenvalue weighted by atomic mass is 35.5. The molecule has 0 aromatic carbocycles. The van der Waals surface area contributed by atoms with Crippen LogP contribution in [0.2, 0.25) is 5.28 Å². The number of anilines is 2. The van der Waals surface area contributed by atoms with Crippen molar-refractivity contribution in [2.75, 3.05) is 23.3 Å². The van der Waals surface area contributed by atoms with Crippen molar-refractivity contribution in [3.05, 3.63) is 17.4 Å². The van der Waals surface area contributed by atoms with Crippen LogP contribution in [-0.2, 0) is 13.6 Å². The quantitative estimate of drug-likeness (QED) is 0.895. The fourth-order valence-corrected chi connectivity index (χ4v) is 2.26. The summed E-state index contributed by atoms with van der Waals surface area (Å²) in [5, 5.41) is 7.44. The molecule has 9 heteroatoms. The van der Waals surface area contributed by atoms with Gasteiger partial charge in [-0.3, -0.25) is 4.68 Å². The van der Waals surface area contributed by atoms with Gasteiger partial charge in [0, 0.05) is 20.1 Å². The second-order valence-corrected chi connectivity index (χ2v) is 4.95. The smallest absolute Gasteiger partial charge is 0.231 e. The minimum absolute atomic E-state index is 0.193. The molecule has 0 bridgehead atoms. The van der Waals surface area contributed by atoms with Gasteiger partial charge in [0.25, 0.3) is 0 Å². The van der Waals surface area contributed by atoms with Crippen LogP contribution in [0, 0.1) is 0 Å². The molecule has 0 amide bonds. The zero-order valence-electron chi connectivity index (χ0n) is 11.1. The van der Waals surface area contributed by atoms with E-state index in [-0.39, 0.29) is 5.28 Å². The largest absolute Gasteiger partial charge is 0.347 e. The third-order valence-corrected chi connectivity index (χ3v) is 3.21. The molecule has 1 aliphatic heterocycles. The van der Waals surface area contributed by atoms with Crippen molar-refractivity contribution in [3.63, 3.8) is 0 Å². The summed E-state index contributed by atoms with van der Waals surface area (Å²) >= 11 is 5.95. The van der Waals surface area contributed by atoms with Gasteiger partial charge in [-0.2, -0.15) is 20.1 Å². The fraction of sp³-hybridized carbons (Fsp3) is 0.545. The van der Waals surface area contributed by atoms with Gasteiger partial charge in [-0.15, -0.1) is 0 Å². The zero-order chi connectivity index (χ0) is 13.9. The average molecular weight is 295 g/mol. The Hall–Kier alpha value is -1.96. The molecule has 3 heterocycles. The van der Waals surface area contributed by atoms with Crippen molar-refractivity contribution in [1.82, 2.24) is 29.7 Å². The number of halogens is 1. The maximum atomic E-state index is 5.95. The van der Waals surface area contributed by atoms with Crippen LogP contribution in [0.15, 0.2) is 6.33 Å².